The zero-order chi connectivity index (χ0) is 15.2. The van der Waals surface area contributed by atoms with Crippen molar-refractivity contribution in [1.29, 1.82) is 0 Å². The van der Waals surface area contributed by atoms with Gasteiger partial charge < -0.3 is 14.2 Å². The van der Waals surface area contributed by atoms with Gasteiger partial charge in [0.25, 0.3) is 0 Å². The van der Waals surface area contributed by atoms with E-state index >= 15 is 0 Å². The molecule has 0 atom stereocenters. The highest BCUT2D eigenvalue weighted by atomic mass is 16.5. The normalized spacial score (nSPS) is 10.0. The van der Waals surface area contributed by atoms with Gasteiger partial charge >= 0.3 is 0 Å². The monoisotopic (exact) mass is 286 g/mol. The molecule has 0 radical (unpaired) electrons. The van der Waals surface area contributed by atoms with Crippen LogP contribution in [0.2, 0.25) is 0 Å². The Balaban J connectivity index is 2.18. The highest BCUT2D eigenvalue weighted by Gasteiger charge is 2.11. The summed E-state index contributed by atoms with van der Waals surface area (Å²) in [5.74, 6) is 1.84. The number of hydrogen-bond acceptors (Lipinski definition) is 4. The Morgan fingerprint density at radius 3 is 2.24 bits per heavy atom. The summed E-state index contributed by atoms with van der Waals surface area (Å²) in [6, 6.07) is 11.2. The van der Waals surface area contributed by atoms with Crippen molar-refractivity contribution >= 4 is 6.29 Å². The lowest BCUT2D eigenvalue weighted by Crippen LogP contribution is -2.01. The van der Waals surface area contributed by atoms with Crippen molar-refractivity contribution in [3.63, 3.8) is 0 Å². The topological polar surface area (TPSA) is 44.8 Å². The lowest BCUT2D eigenvalue weighted by molar-refractivity contribution is 0.111. The quantitative estimate of drug-likeness (QED) is 0.763. The van der Waals surface area contributed by atoms with Gasteiger partial charge in [0.2, 0.25) is 0 Å². The first-order valence-electron chi connectivity index (χ1n) is 6.57. The molecule has 0 saturated heterocycles. The first-order chi connectivity index (χ1) is 10.2. The first-order valence-corrected chi connectivity index (χ1v) is 6.57. The van der Waals surface area contributed by atoms with Crippen LogP contribution in [0, 0.1) is 6.92 Å². The molecule has 0 heterocycles. The van der Waals surface area contributed by atoms with Crippen LogP contribution >= 0.6 is 0 Å². The molecule has 0 aliphatic heterocycles. The van der Waals surface area contributed by atoms with E-state index in [1.165, 1.54) is 7.11 Å². The van der Waals surface area contributed by atoms with Crippen molar-refractivity contribution < 1.29 is 19.0 Å². The Hall–Kier alpha value is -2.49. The van der Waals surface area contributed by atoms with Crippen molar-refractivity contribution in [1.82, 2.24) is 0 Å². The highest BCUT2D eigenvalue weighted by molar-refractivity contribution is 5.84. The third-order valence-corrected chi connectivity index (χ3v) is 3.14. The Labute approximate surface area is 124 Å². The van der Waals surface area contributed by atoms with Crippen LogP contribution in [-0.2, 0) is 6.61 Å². The summed E-state index contributed by atoms with van der Waals surface area (Å²) in [4.78, 5) is 11.2. The fourth-order valence-corrected chi connectivity index (χ4v) is 2.02. The molecule has 0 aliphatic rings. The Bertz CT molecular complexity index is 617. The maximum absolute atomic E-state index is 11.2. The second kappa shape index (κ2) is 6.79. The fourth-order valence-electron chi connectivity index (χ4n) is 2.02. The number of hydrogen-bond donors (Lipinski definition) is 0. The molecule has 0 amide bonds. The number of carbonyl (C=O) groups is 1. The number of benzene rings is 2. The molecule has 0 saturated carbocycles. The van der Waals surface area contributed by atoms with E-state index in [1.54, 1.807) is 7.11 Å². The number of carbonyl (C=O) groups excluding carboxylic acids is 1. The molecule has 0 aromatic heterocycles. The van der Waals surface area contributed by atoms with Crippen molar-refractivity contribution in [2.45, 2.75) is 13.5 Å². The summed E-state index contributed by atoms with van der Waals surface area (Å²) in [6.45, 7) is 2.30. The van der Waals surface area contributed by atoms with Crippen LogP contribution in [0.5, 0.6) is 17.2 Å². The molecule has 4 heteroatoms. The molecule has 0 spiro atoms. The van der Waals surface area contributed by atoms with E-state index in [1.807, 2.05) is 43.3 Å². The molecule has 0 aliphatic carbocycles. The second-order valence-corrected chi connectivity index (χ2v) is 4.63. The summed E-state index contributed by atoms with van der Waals surface area (Å²) in [7, 11) is 3.16. The van der Waals surface area contributed by atoms with E-state index < -0.39 is 0 Å². The van der Waals surface area contributed by atoms with Crippen LogP contribution in [0.4, 0.5) is 0 Å². The van der Waals surface area contributed by atoms with Gasteiger partial charge in [-0.05, 0) is 42.3 Å². The van der Waals surface area contributed by atoms with Crippen LogP contribution in [0.15, 0.2) is 36.4 Å². The first kappa shape index (κ1) is 14.9. The van der Waals surface area contributed by atoms with Crippen LogP contribution in [0.1, 0.15) is 21.5 Å². The van der Waals surface area contributed by atoms with E-state index in [-0.39, 0.29) is 0 Å². The van der Waals surface area contributed by atoms with Gasteiger partial charge in [-0.3, -0.25) is 4.79 Å². The van der Waals surface area contributed by atoms with Gasteiger partial charge in [-0.15, -0.1) is 0 Å². The average molecular weight is 286 g/mol. The molecule has 0 N–H and O–H groups in total. The molecule has 0 bridgehead atoms. The number of aldehydes is 1. The molecule has 110 valence electrons. The van der Waals surface area contributed by atoms with Gasteiger partial charge in [-0.1, -0.05) is 12.1 Å². The minimum absolute atomic E-state index is 0.372. The number of rotatable bonds is 6. The van der Waals surface area contributed by atoms with E-state index in [0.29, 0.717) is 23.7 Å². The Kier molecular flexibility index (Phi) is 4.82. The van der Waals surface area contributed by atoms with Crippen LogP contribution < -0.4 is 14.2 Å². The second-order valence-electron chi connectivity index (χ2n) is 4.63. The lowest BCUT2D eigenvalue weighted by Gasteiger charge is -2.13. The summed E-state index contributed by atoms with van der Waals surface area (Å²) in [5, 5.41) is 0. The van der Waals surface area contributed by atoms with E-state index in [2.05, 4.69) is 0 Å². The number of methoxy groups -OCH3 is 2. The molecule has 2 aromatic rings. The zero-order valence-corrected chi connectivity index (χ0v) is 12.4. The third kappa shape index (κ3) is 3.54. The zero-order valence-electron chi connectivity index (χ0n) is 12.4. The van der Waals surface area contributed by atoms with Crippen LogP contribution in [0.25, 0.3) is 0 Å². The molecular weight excluding hydrogens is 268 g/mol. The number of ether oxygens (including phenoxy) is 3. The maximum atomic E-state index is 11.2. The fraction of sp³-hybridized carbons (Fsp3) is 0.235. The maximum Gasteiger partial charge on any atom is 0.157 e. The van der Waals surface area contributed by atoms with Crippen molar-refractivity contribution in [2.75, 3.05) is 14.2 Å². The highest BCUT2D eigenvalue weighted by Crippen LogP contribution is 2.29. The van der Waals surface area contributed by atoms with Gasteiger partial charge in [0.15, 0.2) is 6.29 Å². The molecule has 4 nitrogen and oxygen atoms in total. The van der Waals surface area contributed by atoms with Crippen molar-refractivity contribution in [3.05, 3.63) is 53.1 Å². The standard InChI is InChI=1S/C17H18O4/c1-12-8-16(20-3)15(10-18)17(9-12)21-11-13-4-6-14(19-2)7-5-13/h4-10H,11H2,1-3H3. The van der Waals surface area contributed by atoms with Gasteiger partial charge in [0, 0.05) is 0 Å². The van der Waals surface area contributed by atoms with Crippen LogP contribution in [-0.4, -0.2) is 20.5 Å². The largest absolute Gasteiger partial charge is 0.497 e. The predicted molar refractivity (Wildman–Crippen MR) is 80.4 cm³/mol. The van der Waals surface area contributed by atoms with Crippen molar-refractivity contribution in [2.24, 2.45) is 0 Å². The molecule has 2 aromatic carbocycles. The third-order valence-electron chi connectivity index (χ3n) is 3.14. The molecule has 2 rings (SSSR count). The van der Waals surface area contributed by atoms with Gasteiger partial charge in [-0.2, -0.15) is 0 Å². The minimum Gasteiger partial charge on any atom is -0.497 e. The number of aryl methyl sites for hydroxylation is 1. The van der Waals surface area contributed by atoms with Crippen LogP contribution in [0.3, 0.4) is 0 Å². The molecule has 0 unspecified atom stereocenters. The lowest BCUT2D eigenvalue weighted by atomic mass is 10.1. The summed E-state index contributed by atoms with van der Waals surface area (Å²) >= 11 is 0. The summed E-state index contributed by atoms with van der Waals surface area (Å²) in [5.41, 5.74) is 2.40. The van der Waals surface area contributed by atoms with Gasteiger partial charge in [0.05, 0.1) is 19.8 Å². The van der Waals surface area contributed by atoms with E-state index in [9.17, 15) is 4.79 Å². The smallest absolute Gasteiger partial charge is 0.157 e. The minimum atomic E-state index is 0.372. The average Bonchev–Trinajstić information content (AvgIpc) is 2.52. The Morgan fingerprint density at radius 2 is 1.67 bits per heavy atom. The SMILES string of the molecule is COc1ccc(COc2cc(C)cc(OC)c2C=O)cc1. The van der Waals surface area contributed by atoms with Gasteiger partial charge in [-0.25, -0.2) is 0 Å². The summed E-state index contributed by atoms with van der Waals surface area (Å²) in [6.07, 6.45) is 0.752. The van der Waals surface area contributed by atoms with E-state index in [0.717, 1.165) is 23.2 Å². The summed E-state index contributed by atoms with van der Waals surface area (Å²) < 4.78 is 16.1. The Morgan fingerprint density at radius 1 is 1.00 bits per heavy atom. The molecule has 0 fully saturated rings. The predicted octanol–water partition coefficient (Wildman–Crippen LogP) is 3.40. The van der Waals surface area contributed by atoms with Gasteiger partial charge in [0.1, 0.15) is 23.9 Å². The van der Waals surface area contributed by atoms with E-state index in [4.69, 9.17) is 14.2 Å². The molecular formula is C17H18O4. The molecule has 21 heavy (non-hydrogen) atoms. The van der Waals surface area contributed by atoms with Crippen molar-refractivity contribution in [3.8, 4) is 17.2 Å².